The summed E-state index contributed by atoms with van der Waals surface area (Å²) >= 11 is 18.5. The summed E-state index contributed by atoms with van der Waals surface area (Å²) < 4.78 is 9.60. The molecule has 0 saturated heterocycles. The van der Waals surface area contributed by atoms with Gasteiger partial charge in [-0.1, -0.05) is 40.9 Å². The zero-order chi connectivity index (χ0) is 22.2. The quantitative estimate of drug-likeness (QED) is 0.339. The molecule has 3 heterocycles. The SMILES string of the molecule is COc1cc(Nc2cn3c(n2)C(c2ccc(Cl)cc2Cl)CCC3)ccc1-n1cnc(Cl)c1. The van der Waals surface area contributed by atoms with Gasteiger partial charge < -0.3 is 19.2 Å². The van der Waals surface area contributed by atoms with E-state index in [2.05, 4.69) is 14.9 Å². The number of anilines is 2. The molecule has 2 aromatic heterocycles. The second kappa shape index (κ2) is 8.70. The van der Waals surface area contributed by atoms with Crippen molar-refractivity contribution in [3.05, 3.63) is 81.7 Å². The van der Waals surface area contributed by atoms with Crippen LogP contribution in [0.3, 0.4) is 0 Å². The highest BCUT2D eigenvalue weighted by atomic mass is 35.5. The van der Waals surface area contributed by atoms with Gasteiger partial charge in [0.05, 0.1) is 12.8 Å². The predicted molar refractivity (Wildman–Crippen MR) is 128 cm³/mol. The van der Waals surface area contributed by atoms with E-state index < -0.39 is 0 Å². The topological polar surface area (TPSA) is 56.9 Å². The van der Waals surface area contributed by atoms with Crippen molar-refractivity contribution in [3.8, 4) is 11.4 Å². The fourth-order valence-corrected chi connectivity index (χ4v) is 4.86. The molecule has 0 aliphatic carbocycles. The lowest BCUT2D eigenvalue weighted by Gasteiger charge is -2.24. The number of aryl methyl sites for hydroxylation is 1. The van der Waals surface area contributed by atoms with Gasteiger partial charge in [0.25, 0.3) is 0 Å². The van der Waals surface area contributed by atoms with Crippen LogP contribution in [0.15, 0.2) is 55.1 Å². The number of nitrogens with zero attached hydrogens (tertiary/aromatic N) is 4. The van der Waals surface area contributed by atoms with Crippen LogP contribution < -0.4 is 10.1 Å². The van der Waals surface area contributed by atoms with Crippen LogP contribution in [0.25, 0.3) is 5.69 Å². The van der Waals surface area contributed by atoms with E-state index in [1.807, 2.05) is 41.1 Å². The summed E-state index contributed by atoms with van der Waals surface area (Å²) in [7, 11) is 1.64. The second-order valence-electron chi connectivity index (χ2n) is 7.65. The molecule has 1 aliphatic heterocycles. The zero-order valence-corrected chi connectivity index (χ0v) is 19.5. The zero-order valence-electron chi connectivity index (χ0n) is 17.2. The number of imidazole rings is 2. The lowest BCUT2D eigenvalue weighted by Crippen LogP contribution is -2.16. The Morgan fingerprint density at radius 3 is 2.72 bits per heavy atom. The number of halogens is 3. The average molecular weight is 489 g/mol. The number of aromatic nitrogens is 4. The summed E-state index contributed by atoms with van der Waals surface area (Å²) in [5.41, 5.74) is 2.77. The van der Waals surface area contributed by atoms with Gasteiger partial charge in [-0.2, -0.15) is 0 Å². The second-order valence-corrected chi connectivity index (χ2v) is 8.88. The van der Waals surface area contributed by atoms with Crippen LogP contribution in [0.4, 0.5) is 11.5 Å². The standard InChI is InChI=1S/C23H20Cl3N5O/c1-32-20-10-15(5-7-19(20)31-11-21(26)27-13-31)28-22-12-30-8-2-3-17(23(30)29-22)16-6-4-14(24)9-18(16)25/h4-7,9-13,17,28H,2-3,8H2,1H3. The third-order valence-corrected chi connectivity index (χ3v) is 6.39. The van der Waals surface area contributed by atoms with Gasteiger partial charge >= 0.3 is 0 Å². The molecule has 0 fully saturated rings. The third kappa shape index (κ3) is 4.06. The van der Waals surface area contributed by atoms with E-state index in [1.54, 1.807) is 25.7 Å². The first-order valence-corrected chi connectivity index (χ1v) is 11.3. The van der Waals surface area contributed by atoms with Gasteiger partial charge in [0, 0.05) is 46.7 Å². The molecule has 0 spiro atoms. The maximum atomic E-state index is 6.50. The number of ether oxygens (including phenoxy) is 1. The van der Waals surface area contributed by atoms with E-state index in [0.29, 0.717) is 20.9 Å². The number of benzene rings is 2. The Hall–Kier alpha value is -2.67. The summed E-state index contributed by atoms with van der Waals surface area (Å²) in [5.74, 6) is 2.60. The van der Waals surface area contributed by atoms with Gasteiger partial charge in [-0.15, -0.1) is 0 Å². The number of nitrogens with one attached hydrogen (secondary N) is 1. The van der Waals surface area contributed by atoms with Crippen molar-refractivity contribution in [1.29, 1.82) is 0 Å². The van der Waals surface area contributed by atoms with E-state index in [0.717, 1.165) is 48.0 Å². The minimum atomic E-state index is 0.131. The molecule has 0 saturated carbocycles. The predicted octanol–water partition coefficient (Wildman–Crippen LogP) is 6.71. The Morgan fingerprint density at radius 2 is 1.97 bits per heavy atom. The molecule has 0 radical (unpaired) electrons. The maximum Gasteiger partial charge on any atom is 0.148 e. The average Bonchev–Trinajstić information content (AvgIpc) is 3.39. The molecular formula is C23H20Cl3N5O. The van der Waals surface area contributed by atoms with Crippen LogP contribution >= 0.6 is 34.8 Å². The Bertz CT molecular complexity index is 1280. The number of rotatable bonds is 5. The molecule has 1 aliphatic rings. The van der Waals surface area contributed by atoms with E-state index in [4.69, 9.17) is 44.5 Å². The van der Waals surface area contributed by atoms with Crippen LogP contribution in [0.2, 0.25) is 15.2 Å². The van der Waals surface area contributed by atoms with Crippen molar-refractivity contribution in [2.45, 2.75) is 25.3 Å². The van der Waals surface area contributed by atoms with Crippen LogP contribution in [0, 0.1) is 0 Å². The van der Waals surface area contributed by atoms with E-state index in [-0.39, 0.29) is 5.92 Å². The molecule has 1 unspecified atom stereocenters. The van der Waals surface area contributed by atoms with Crippen LogP contribution in [-0.4, -0.2) is 26.2 Å². The summed E-state index contributed by atoms with van der Waals surface area (Å²) in [6.07, 6.45) is 7.48. The lowest BCUT2D eigenvalue weighted by atomic mass is 9.91. The van der Waals surface area contributed by atoms with Crippen molar-refractivity contribution < 1.29 is 4.74 Å². The highest BCUT2D eigenvalue weighted by Crippen LogP contribution is 2.38. The van der Waals surface area contributed by atoms with Crippen molar-refractivity contribution in [3.63, 3.8) is 0 Å². The van der Waals surface area contributed by atoms with E-state index in [1.165, 1.54) is 0 Å². The van der Waals surface area contributed by atoms with Crippen molar-refractivity contribution in [2.24, 2.45) is 0 Å². The summed E-state index contributed by atoms with van der Waals surface area (Å²) in [5, 5.41) is 5.13. The number of fused-ring (bicyclic) bond motifs is 1. The van der Waals surface area contributed by atoms with E-state index >= 15 is 0 Å². The van der Waals surface area contributed by atoms with Crippen molar-refractivity contribution in [1.82, 2.24) is 19.1 Å². The molecule has 164 valence electrons. The first kappa shape index (κ1) is 21.2. The van der Waals surface area contributed by atoms with Gasteiger partial charge in [0.15, 0.2) is 0 Å². The largest absolute Gasteiger partial charge is 0.494 e. The van der Waals surface area contributed by atoms with Crippen LogP contribution in [0.5, 0.6) is 5.75 Å². The van der Waals surface area contributed by atoms with Crippen molar-refractivity contribution >= 4 is 46.3 Å². The molecule has 0 bridgehead atoms. The molecule has 32 heavy (non-hydrogen) atoms. The Labute approximate surface area is 200 Å². The Morgan fingerprint density at radius 1 is 1.09 bits per heavy atom. The monoisotopic (exact) mass is 487 g/mol. The summed E-state index contributed by atoms with van der Waals surface area (Å²) in [4.78, 5) is 8.96. The van der Waals surface area contributed by atoms with E-state index in [9.17, 15) is 0 Å². The Balaban J connectivity index is 1.43. The molecule has 1 N–H and O–H groups in total. The molecule has 9 heteroatoms. The smallest absolute Gasteiger partial charge is 0.148 e. The Kier molecular flexibility index (Phi) is 5.76. The van der Waals surface area contributed by atoms with Crippen molar-refractivity contribution in [2.75, 3.05) is 12.4 Å². The minimum absolute atomic E-state index is 0.131. The fourth-order valence-electron chi connectivity index (χ4n) is 4.17. The highest BCUT2D eigenvalue weighted by Gasteiger charge is 2.26. The lowest BCUT2D eigenvalue weighted by molar-refractivity contribution is 0.413. The molecule has 5 rings (SSSR count). The van der Waals surface area contributed by atoms with Crippen LogP contribution in [-0.2, 0) is 6.54 Å². The van der Waals surface area contributed by atoms with Gasteiger partial charge in [-0.25, -0.2) is 9.97 Å². The van der Waals surface area contributed by atoms with Gasteiger partial charge in [0.2, 0.25) is 0 Å². The number of hydrogen-bond acceptors (Lipinski definition) is 4. The number of hydrogen-bond donors (Lipinski definition) is 1. The maximum absolute atomic E-state index is 6.50. The first-order chi connectivity index (χ1) is 15.5. The first-order valence-electron chi connectivity index (χ1n) is 10.2. The molecule has 0 amide bonds. The molecular weight excluding hydrogens is 469 g/mol. The molecule has 4 aromatic rings. The van der Waals surface area contributed by atoms with Gasteiger partial charge in [0.1, 0.15) is 28.9 Å². The normalized spacial score (nSPS) is 15.4. The summed E-state index contributed by atoms with van der Waals surface area (Å²) in [6.45, 7) is 0.926. The molecule has 6 nitrogen and oxygen atoms in total. The fraction of sp³-hybridized carbons (Fsp3) is 0.217. The highest BCUT2D eigenvalue weighted by molar-refractivity contribution is 6.35. The summed E-state index contributed by atoms with van der Waals surface area (Å²) in [6, 6.07) is 11.5. The van der Waals surface area contributed by atoms with Gasteiger partial charge in [-0.05, 0) is 42.7 Å². The molecule has 1 atom stereocenters. The molecule has 2 aromatic carbocycles. The minimum Gasteiger partial charge on any atom is -0.494 e. The number of methoxy groups -OCH3 is 1. The third-order valence-electron chi connectivity index (χ3n) is 5.63. The van der Waals surface area contributed by atoms with Gasteiger partial charge in [-0.3, -0.25) is 0 Å². The van der Waals surface area contributed by atoms with Crippen LogP contribution in [0.1, 0.15) is 30.1 Å².